The summed E-state index contributed by atoms with van der Waals surface area (Å²) in [4.78, 5) is 4.16. The fourth-order valence-corrected chi connectivity index (χ4v) is 1.81. The normalized spacial score (nSPS) is 10.5. The van der Waals surface area contributed by atoms with Crippen LogP contribution in [0.1, 0.15) is 5.56 Å². The van der Waals surface area contributed by atoms with Crippen LogP contribution in [0.2, 0.25) is 5.02 Å². The maximum atomic E-state index is 11.9. The third-order valence-corrected chi connectivity index (χ3v) is 2.63. The highest BCUT2D eigenvalue weighted by Gasteiger charge is 2.03. The lowest BCUT2D eigenvalue weighted by Crippen LogP contribution is -2.06. The summed E-state index contributed by atoms with van der Waals surface area (Å²) in [6, 6.07) is 13.7. The molecule has 0 spiro atoms. The number of nitrogens with one attached hydrogen (secondary N) is 1. The Labute approximate surface area is 114 Å². The summed E-state index contributed by atoms with van der Waals surface area (Å²) < 4.78 is 23.8. The van der Waals surface area contributed by atoms with Crippen molar-refractivity contribution in [2.45, 2.75) is 6.54 Å². The van der Waals surface area contributed by atoms with E-state index < -0.39 is 5.51 Å². The number of rotatable bonds is 5. The Morgan fingerprint density at radius 2 is 1.89 bits per heavy atom. The number of halogens is 3. The zero-order chi connectivity index (χ0) is 13.7. The van der Waals surface area contributed by atoms with Crippen molar-refractivity contribution in [2.24, 2.45) is 0 Å². The summed E-state index contributed by atoms with van der Waals surface area (Å²) in [5.41, 5.74) is 0.339. The van der Waals surface area contributed by atoms with Crippen LogP contribution in [-0.4, -0.2) is 5.51 Å². The average molecular weight is 285 g/mol. The molecule has 3 nitrogen and oxygen atoms in total. The van der Waals surface area contributed by atoms with E-state index in [0.29, 0.717) is 17.3 Å². The molecule has 0 atom stereocenters. The van der Waals surface area contributed by atoms with Crippen molar-refractivity contribution in [3.05, 3.63) is 59.1 Å². The minimum Gasteiger partial charge on any atom is -0.381 e. The molecule has 0 heterocycles. The van der Waals surface area contributed by atoms with Crippen LogP contribution >= 0.6 is 11.6 Å². The zero-order valence-electron chi connectivity index (χ0n) is 9.82. The van der Waals surface area contributed by atoms with Gasteiger partial charge < -0.3 is 10.2 Å². The van der Waals surface area contributed by atoms with E-state index in [4.69, 9.17) is 11.6 Å². The molecule has 2 aromatic rings. The van der Waals surface area contributed by atoms with Crippen LogP contribution in [0.5, 0.6) is 5.75 Å². The van der Waals surface area contributed by atoms with E-state index >= 15 is 0 Å². The second-order valence-corrected chi connectivity index (χ2v) is 4.24. The molecule has 100 valence electrons. The van der Waals surface area contributed by atoms with Crippen molar-refractivity contribution in [3.63, 3.8) is 0 Å². The van der Waals surface area contributed by atoms with Crippen LogP contribution < -0.4 is 10.2 Å². The molecule has 0 aromatic heterocycles. The molecule has 0 fully saturated rings. The first-order valence-electron chi connectivity index (χ1n) is 5.51. The molecule has 0 saturated carbocycles. The molecule has 0 radical (unpaired) electrons. The minimum atomic E-state index is -1.34. The summed E-state index contributed by atoms with van der Waals surface area (Å²) in [5, 5.41) is 3.75. The topological polar surface area (TPSA) is 24.5 Å². The van der Waals surface area contributed by atoms with Gasteiger partial charge in [-0.25, -0.2) is 0 Å². The van der Waals surface area contributed by atoms with Gasteiger partial charge in [0, 0.05) is 23.3 Å². The van der Waals surface area contributed by atoms with Gasteiger partial charge in [0.25, 0.3) is 0 Å². The van der Waals surface area contributed by atoms with Gasteiger partial charge in [-0.3, -0.25) is 0 Å². The molecule has 6 heteroatoms. The Kier molecular flexibility index (Phi) is 4.54. The van der Waals surface area contributed by atoms with E-state index in [9.17, 15) is 8.96 Å². The van der Waals surface area contributed by atoms with Crippen molar-refractivity contribution in [3.8, 4) is 5.75 Å². The summed E-state index contributed by atoms with van der Waals surface area (Å²) in [7, 11) is 0. The Balaban J connectivity index is 1.99. The van der Waals surface area contributed by atoms with Crippen molar-refractivity contribution in [2.75, 3.05) is 5.32 Å². The largest absolute Gasteiger partial charge is 0.381 e. The van der Waals surface area contributed by atoms with Crippen LogP contribution in [0, 0.1) is 0 Å². The minimum absolute atomic E-state index is 0.0566. The molecule has 0 amide bonds. The van der Waals surface area contributed by atoms with Gasteiger partial charge in [-0.15, -0.1) is 0 Å². The first kappa shape index (κ1) is 13.6. The van der Waals surface area contributed by atoms with Gasteiger partial charge in [-0.2, -0.15) is 0 Å². The first-order valence-corrected chi connectivity index (χ1v) is 5.89. The predicted molar refractivity (Wildman–Crippen MR) is 69.9 cm³/mol. The van der Waals surface area contributed by atoms with E-state index in [0.717, 1.165) is 5.56 Å². The Bertz CT molecular complexity index is 552. The molecule has 0 saturated heterocycles. The fraction of sp³-hybridized carbons (Fsp3) is 0.0769. The lowest BCUT2D eigenvalue weighted by molar-refractivity contribution is -0.337. The van der Waals surface area contributed by atoms with Crippen molar-refractivity contribution >= 4 is 17.3 Å². The van der Waals surface area contributed by atoms with Crippen LogP contribution in [0.25, 0.3) is 0 Å². The molecule has 1 N–H and O–H groups in total. The van der Waals surface area contributed by atoms with Gasteiger partial charge in [-0.1, -0.05) is 38.8 Å². The highest BCUT2D eigenvalue weighted by atomic mass is 35.5. The zero-order valence-corrected chi connectivity index (χ0v) is 10.6. The Morgan fingerprint density at radius 3 is 2.63 bits per heavy atom. The summed E-state index contributed by atoms with van der Waals surface area (Å²) >= 11 is 5.87. The molecule has 0 aliphatic heterocycles. The molecular formula is C13H11ClF2N2O. The molecule has 19 heavy (non-hydrogen) atoms. The van der Waals surface area contributed by atoms with Crippen LogP contribution in [0.4, 0.5) is 14.6 Å². The third kappa shape index (κ3) is 4.39. The first-order chi connectivity index (χ1) is 9.13. The fourth-order valence-electron chi connectivity index (χ4n) is 1.59. The lowest BCUT2D eigenvalue weighted by Gasteiger charge is -2.09. The van der Waals surface area contributed by atoms with Gasteiger partial charge in [0.05, 0.1) is 0 Å². The average Bonchev–Trinajstić information content (AvgIpc) is 2.36. The highest BCUT2D eigenvalue weighted by molar-refractivity contribution is 6.30. The van der Waals surface area contributed by atoms with Gasteiger partial charge in [0.1, 0.15) is 0 Å². The maximum Gasteiger partial charge on any atom is 0.210 e. The molecule has 0 aliphatic carbocycles. The van der Waals surface area contributed by atoms with Crippen molar-refractivity contribution in [1.29, 1.82) is 0 Å². The number of hydrogen-bond acceptors (Lipinski definition) is 3. The van der Waals surface area contributed by atoms with Crippen LogP contribution in [0.15, 0.2) is 48.5 Å². The molecule has 0 bridgehead atoms. The second kappa shape index (κ2) is 6.36. The molecule has 2 aromatic carbocycles. The standard InChI is InChI=1S/C13H11ClF2N2O/c14-11-4-1-3-10(7-11)9-17-12-5-2-6-13(8-12)19-18(15)16/h1-8,17H,9H2. The van der Waals surface area contributed by atoms with E-state index in [1.807, 2.05) is 18.2 Å². The van der Waals surface area contributed by atoms with Gasteiger partial charge in [0.15, 0.2) is 5.75 Å². The third-order valence-electron chi connectivity index (χ3n) is 2.39. The SMILES string of the molecule is FN(F)Oc1cccc(NCc2cccc(Cl)c2)c1. The van der Waals surface area contributed by atoms with E-state index in [-0.39, 0.29) is 5.75 Å². The molecular weight excluding hydrogens is 274 g/mol. The Hall–Kier alpha value is -1.85. The van der Waals surface area contributed by atoms with Crippen LogP contribution in [-0.2, 0) is 6.54 Å². The molecule has 0 aliphatic rings. The van der Waals surface area contributed by atoms with Crippen molar-refractivity contribution < 1.29 is 13.8 Å². The molecule has 2 rings (SSSR count). The predicted octanol–water partition coefficient (Wildman–Crippen LogP) is 4.32. The number of benzene rings is 2. The quantitative estimate of drug-likeness (QED) is 0.654. The van der Waals surface area contributed by atoms with E-state index in [1.54, 1.807) is 18.2 Å². The smallest absolute Gasteiger partial charge is 0.210 e. The van der Waals surface area contributed by atoms with Gasteiger partial charge in [-0.05, 0) is 29.8 Å². The van der Waals surface area contributed by atoms with Crippen molar-refractivity contribution in [1.82, 2.24) is 5.51 Å². The van der Waals surface area contributed by atoms with E-state index in [2.05, 4.69) is 10.2 Å². The second-order valence-electron chi connectivity index (χ2n) is 3.80. The number of anilines is 1. The van der Waals surface area contributed by atoms with Gasteiger partial charge in [0.2, 0.25) is 5.51 Å². The summed E-state index contributed by atoms with van der Waals surface area (Å²) in [6.07, 6.45) is 0. The number of nitrogens with zero attached hydrogens (tertiary/aromatic N) is 1. The molecule has 0 unspecified atom stereocenters. The van der Waals surface area contributed by atoms with Crippen LogP contribution in [0.3, 0.4) is 0 Å². The van der Waals surface area contributed by atoms with Gasteiger partial charge >= 0.3 is 0 Å². The maximum absolute atomic E-state index is 11.9. The number of hydrogen-bond donors (Lipinski definition) is 1. The monoisotopic (exact) mass is 284 g/mol. The van der Waals surface area contributed by atoms with E-state index in [1.165, 1.54) is 12.1 Å². The summed E-state index contributed by atoms with van der Waals surface area (Å²) in [6.45, 7) is 0.541. The lowest BCUT2D eigenvalue weighted by atomic mass is 10.2. The summed E-state index contributed by atoms with van der Waals surface area (Å²) in [5.74, 6) is 0.0566. The Morgan fingerprint density at radius 1 is 1.11 bits per heavy atom. The highest BCUT2D eigenvalue weighted by Crippen LogP contribution is 2.19.